The first-order valence-electron chi connectivity index (χ1n) is 9.49. The second-order valence-corrected chi connectivity index (χ2v) is 7.13. The number of rotatable bonds is 5. The Labute approximate surface area is 154 Å². The number of imidazole rings is 1. The standard InChI is InChI=1S/C22H25N3O/c1-3-22-23-20-14-18(16(2)26)9-10-21(20)25(22)19-8-6-7-17(13-19)15-24-11-4-5-12-24/h6-10,13-14H,3-5,11-12,15H2,1-2H3. The minimum Gasteiger partial charge on any atom is -0.299 e. The highest BCUT2D eigenvalue weighted by Gasteiger charge is 2.15. The first kappa shape index (κ1) is 17.0. The third kappa shape index (κ3) is 3.17. The van der Waals surface area contributed by atoms with E-state index in [1.165, 1.54) is 31.5 Å². The number of hydrogen-bond donors (Lipinski definition) is 0. The van der Waals surface area contributed by atoms with Gasteiger partial charge in [-0.1, -0.05) is 19.1 Å². The van der Waals surface area contributed by atoms with Gasteiger partial charge in [-0.2, -0.15) is 0 Å². The molecule has 3 aromatic rings. The molecule has 0 unspecified atom stereocenters. The SMILES string of the molecule is CCc1nc2cc(C(C)=O)ccc2n1-c1cccc(CN2CCCC2)c1. The lowest BCUT2D eigenvalue weighted by Crippen LogP contribution is -2.18. The normalized spacial score (nSPS) is 15.0. The average Bonchev–Trinajstić information content (AvgIpc) is 3.28. The summed E-state index contributed by atoms with van der Waals surface area (Å²) in [5.41, 5.74) is 5.16. The van der Waals surface area contributed by atoms with Gasteiger partial charge in [-0.3, -0.25) is 14.3 Å². The summed E-state index contributed by atoms with van der Waals surface area (Å²) in [5, 5.41) is 0. The number of aromatic nitrogens is 2. The second-order valence-electron chi connectivity index (χ2n) is 7.13. The summed E-state index contributed by atoms with van der Waals surface area (Å²) < 4.78 is 2.23. The number of likely N-dealkylation sites (tertiary alicyclic amines) is 1. The number of hydrogen-bond acceptors (Lipinski definition) is 3. The molecule has 1 aliphatic rings. The summed E-state index contributed by atoms with van der Waals surface area (Å²) in [6.45, 7) is 7.13. The van der Waals surface area contributed by atoms with Crippen molar-refractivity contribution in [2.75, 3.05) is 13.1 Å². The molecule has 0 atom stereocenters. The molecule has 26 heavy (non-hydrogen) atoms. The van der Waals surface area contributed by atoms with Gasteiger partial charge in [0.05, 0.1) is 11.0 Å². The molecule has 1 aromatic heterocycles. The summed E-state index contributed by atoms with van der Waals surface area (Å²) in [5.74, 6) is 1.10. The van der Waals surface area contributed by atoms with Crippen LogP contribution in [0.1, 0.15) is 48.4 Å². The van der Waals surface area contributed by atoms with Crippen LogP contribution in [0.25, 0.3) is 16.7 Å². The van der Waals surface area contributed by atoms with Crippen LogP contribution in [0.4, 0.5) is 0 Å². The van der Waals surface area contributed by atoms with Crippen molar-refractivity contribution in [1.82, 2.24) is 14.5 Å². The van der Waals surface area contributed by atoms with Gasteiger partial charge < -0.3 is 0 Å². The Balaban J connectivity index is 1.76. The summed E-state index contributed by atoms with van der Waals surface area (Å²) in [4.78, 5) is 19.0. The predicted molar refractivity (Wildman–Crippen MR) is 105 cm³/mol. The maximum Gasteiger partial charge on any atom is 0.159 e. The van der Waals surface area contributed by atoms with E-state index in [4.69, 9.17) is 4.98 Å². The average molecular weight is 347 g/mol. The molecule has 1 fully saturated rings. The van der Waals surface area contributed by atoms with E-state index in [1.807, 2.05) is 18.2 Å². The Morgan fingerprint density at radius 2 is 1.92 bits per heavy atom. The molecular formula is C22H25N3O. The molecule has 4 heteroatoms. The van der Waals surface area contributed by atoms with Crippen LogP contribution in [0.2, 0.25) is 0 Å². The maximum absolute atomic E-state index is 11.7. The highest BCUT2D eigenvalue weighted by atomic mass is 16.1. The van der Waals surface area contributed by atoms with Crippen molar-refractivity contribution in [3.63, 3.8) is 0 Å². The number of carbonyl (C=O) groups is 1. The van der Waals surface area contributed by atoms with Crippen molar-refractivity contribution in [1.29, 1.82) is 0 Å². The third-order valence-corrected chi connectivity index (χ3v) is 5.22. The number of Topliss-reactive ketones (excluding diaryl/α,β-unsaturated/α-hetero) is 1. The molecule has 4 rings (SSSR count). The van der Waals surface area contributed by atoms with E-state index in [1.54, 1.807) is 6.92 Å². The van der Waals surface area contributed by atoms with Crippen LogP contribution >= 0.6 is 0 Å². The van der Waals surface area contributed by atoms with Gasteiger partial charge in [0, 0.05) is 24.2 Å². The first-order chi connectivity index (χ1) is 12.7. The van der Waals surface area contributed by atoms with Crippen LogP contribution in [0, 0.1) is 0 Å². The van der Waals surface area contributed by atoms with Crippen LogP contribution in [-0.4, -0.2) is 33.3 Å². The molecule has 2 aromatic carbocycles. The molecule has 0 N–H and O–H groups in total. The van der Waals surface area contributed by atoms with E-state index in [0.29, 0.717) is 5.56 Å². The summed E-state index contributed by atoms with van der Waals surface area (Å²) in [6.07, 6.45) is 3.47. The number of fused-ring (bicyclic) bond motifs is 1. The van der Waals surface area contributed by atoms with Crippen molar-refractivity contribution >= 4 is 16.8 Å². The highest BCUT2D eigenvalue weighted by Crippen LogP contribution is 2.24. The number of nitrogens with zero attached hydrogens (tertiary/aromatic N) is 3. The summed E-state index contributed by atoms with van der Waals surface area (Å²) >= 11 is 0. The lowest BCUT2D eigenvalue weighted by molar-refractivity contribution is 0.101. The molecular weight excluding hydrogens is 322 g/mol. The zero-order valence-corrected chi connectivity index (χ0v) is 15.5. The molecule has 0 aliphatic carbocycles. The zero-order chi connectivity index (χ0) is 18.1. The monoisotopic (exact) mass is 347 g/mol. The number of benzene rings is 2. The Bertz CT molecular complexity index is 951. The van der Waals surface area contributed by atoms with Crippen molar-refractivity contribution in [2.45, 2.75) is 39.7 Å². The lowest BCUT2D eigenvalue weighted by Gasteiger charge is -2.16. The number of aryl methyl sites for hydroxylation is 1. The molecule has 0 spiro atoms. The van der Waals surface area contributed by atoms with Crippen molar-refractivity contribution in [3.8, 4) is 5.69 Å². The van der Waals surface area contributed by atoms with E-state index in [0.717, 1.165) is 35.5 Å². The van der Waals surface area contributed by atoms with Crippen LogP contribution in [-0.2, 0) is 13.0 Å². The number of carbonyl (C=O) groups excluding carboxylic acids is 1. The second kappa shape index (κ2) is 7.04. The lowest BCUT2D eigenvalue weighted by atomic mass is 10.1. The smallest absolute Gasteiger partial charge is 0.159 e. The zero-order valence-electron chi connectivity index (χ0n) is 15.5. The molecule has 0 bridgehead atoms. The topological polar surface area (TPSA) is 38.1 Å². The largest absolute Gasteiger partial charge is 0.299 e. The van der Waals surface area contributed by atoms with Gasteiger partial charge >= 0.3 is 0 Å². The minimum absolute atomic E-state index is 0.0760. The van der Waals surface area contributed by atoms with Crippen molar-refractivity contribution < 1.29 is 4.79 Å². The molecule has 1 aliphatic heterocycles. The van der Waals surface area contributed by atoms with Gasteiger partial charge in [0.2, 0.25) is 0 Å². The fraction of sp³-hybridized carbons (Fsp3) is 0.364. The Kier molecular flexibility index (Phi) is 4.60. The van der Waals surface area contributed by atoms with Crippen LogP contribution in [0.3, 0.4) is 0 Å². The van der Waals surface area contributed by atoms with Gasteiger partial charge in [-0.05, 0) is 68.8 Å². The molecule has 134 valence electrons. The third-order valence-electron chi connectivity index (χ3n) is 5.22. The Morgan fingerprint density at radius 3 is 2.65 bits per heavy atom. The molecule has 0 saturated carbocycles. The summed E-state index contributed by atoms with van der Waals surface area (Å²) in [7, 11) is 0. The molecule has 4 nitrogen and oxygen atoms in total. The van der Waals surface area contributed by atoms with Gasteiger partial charge in [0.15, 0.2) is 5.78 Å². The highest BCUT2D eigenvalue weighted by molar-refractivity contribution is 5.97. The predicted octanol–water partition coefficient (Wildman–Crippen LogP) is 4.39. The molecule has 0 radical (unpaired) electrons. The van der Waals surface area contributed by atoms with Gasteiger partial charge in [0.25, 0.3) is 0 Å². The fourth-order valence-electron chi connectivity index (χ4n) is 3.87. The minimum atomic E-state index is 0.0760. The van der Waals surface area contributed by atoms with Crippen LogP contribution in [0.15, 0.2) is 42.5 Å². The van der Waals surface area contributed by atoms with Crippen LogP contribution in [0.5, 0.6) is 0 Å². The molecule has 0 amide bonds. The van der Waals surface area contributed by atoms with E-state index >= 15 is 0 Å². The van der Waals surface area contributed by atoms with E-state index < -0.39 is 0 Å². The molecule has 1 saturated heterocycles. The van der Waals surface area contributed by atoms with Crippen molar-refractivity contribution in [2.24, 2.45) is 0 Å². The fourth-order valence-corrected chi connectivity index (χ4v) is 3.87. The Hall–Kier alpha value is -2.46. The van der Waals surface area contributed by atoms with Crippen molar-refractivity contribution in [3.05, 3.63) is 59.4 Å². The van der Waals surface area contributed by atoms with Crippen LogP contribution < -0.4 is 0 Å². The Morgan fingerprint density at radius 1 is 1.12 bits per heavy atom. The van der Waals surface area contributed by atoms with E-state index in [-0.39, 0.29) is 5.78 Å². The number of ketones is 1. The first-order valence-corrected chi connectivity index (χ1v) is 9.49. The van der Waals surface area contributed by atoms with Gasteiger partial charge in [-0.15, -0.1) is 0 Å². The van der Waals surface area contributed by atoms with Gasteiger partial charge in [-0.25, -0.2) is 4.98 Å². The quantitative estimate of drug-likeness (QED) is 0.643. The summed E-state index contributed by atoms with van der Waals surface area (Å²) in [6, 6.07) is 14.6. The maximum atomic E-state index is 11.7. The van der Waals surface area contributed by atoms with E-state index in [9.17, 15) is 4.79 Å². The van der Waals surface area contributed by atoms with Gasteiger partial charge in [0.1, 0.15) is 5.82 Å². The molecule has 2 heterocycles. The van der Waals surface area contributed by atoms with E-state index in [2.05, 4.69) is 40.7 Å².